The SMILES string of the molecule is O=C(O)C1CC1c1c(Cl)cccc1[N+](=O)[O-]. The number of carbonyl (C=O) groups is 1. The smallest absolute Gasteiger partial charge is 0.307 e. The van der Waals surface area contributed by atoms with Crippen molar-refractivity contribution in [3.05, 3.63) is 38.9 Å². The van der Waals surface area contributed by atoms with Crippen LogP contribution < -0.4 is 0 Å². The average Bonchev–Trinajstić information content (AvgIpc) is 2.96. The van der Waals surface area contributed by atoms with E-state index in [0.717, 1.165) is 0 Å². The maximum Gasteiger partial charge on any atom is 0.307 e. The van der Waals surface area contributed by atoms with Gasteiger partial charge >= 0.3 is 5.97 Å². The first-order chi connectivity index (χ1) is 7.52. The van der Waals surface area contributed by atoms with Crippen molar-refractivity contribution in [2.75, 3.05) is 0 Å². The van der Waals surface area contributed by atoms with Gasteiger partial charge in [0.1, 0.15) is 0 Å². The summed E-state index contributed by atoms with van der Waals surface area (Å²) in [5, 5.41) is 19.8. The Bertz CT molecular complexity index is 474. The molecule has 16 heavy (non-hydrogen) atoms. The highest BCUT2D eigenvalue weighted by molar-refractivity contribution is 6.31. The highest BCUT2D eigenvalue weighted by atomic mass is 35.5. The van der Waals surface area contributed by atoms with Gasteiger partial charge in [-0.15, -0.1) is 0 Å². The molecule has 2 unspecified atom stereocenters. The molecule has 0 bridgehead atoms. The van der Waals surface area contributed by atoms with E-state index in [1.165, 1.54) is 12.1 Å². The zero-order chi connectivity index (χ0) is 11.9. The molecule has 1 aromatic rings. The minimum atomic E-state index is -0.931. The van der Waals surface area contributed by atoms with Crippen LogP contribution in [0.15, 0.2) is 18.2 Å². The molecule has 0 aromatic heterocycles. The highest BCUT2D eigenvalue weighted by Crippen LogP contribution is 2.52. The first-order valence-corrected chi connectivity index (χ1v) is 5.05. The van der Waals surface area contributed by atoms with Crippen LogP contribution in [-0.4, -0.2) is 16.0 Å². The molecule has 1 aliphatic carbocycles. The second-order valence-electron chi connectivity index (χ2n) is 3.72. The molecule has 0 radical (unpaired) electrons. The third-order valence-electron chi connectivity index (χ3n) is 2.71. The number of hydrogen-bond donors (Lipinski definition) is 1. The van der Waals surface area contributed by atoms with E-state index in [1.807, 2.05) is 0 Å². The van der Waals surface area contributed by atoms with Crippen LogP contribution in [0.3, 0.4) is 0 Å². The van der Waals surface area contributed by atoms with Crippen LogP contribution in [0.2, 0.25) is 5.02 Å². The Morgan fingerprint density at radius 2 is 2.25 bits per heavy atom. The zero-order valence-electron chi connectivity index (χ0n) is 8.09. The first kappa shape index (κ1) is 10.9. The van der Waals surface area contributed by atoms with Gasteiger partial charge in [-0.05, 0) is 12.5 Å². The fourth-order valence-corrected chi connectivity index (χ4v) is 2.15. The summed E-state index contributed by atoms with van der Waals surface area (Å²) in [7, 11) is 0. The Morgan fingerprint density at radius 3 is 2.75 bits per heavy atom. The molecule has 1 fully saturated rings. The Hall–Kier alpha value is -1.62. The van der Waals surface area contributed by atoms with Crippen molar-refractivity contribution in [3.8, 4) is 0 Å². The number of nitro groups is 1. The van der Waals surface area contributed by atoms with E-state index >= 15 is 0 Å². The molecule has 0 saturated heterocycles. The van der Waals surface area contributed by atoms with E-state index in [-0.39, 0.29) is 16.6 Å². The normalized spacial score (nSPS) is 22.8. The number of nitro benzene ring substituents is 1. The largest absolute Gasteiger partial charge is 0.481 e. The Labute approximate surface area is 95.8 Å². The van der Waals surface area contributed by atoms with E-state index < -0.39 is 16.8 Å². The second kappa shape index (κ2) is 3.75. The number of hydrogen-bond acceptors (Lipinski definition) is 3. The van der Waals surface area contributed by atoms with Crippen molar-refractivity contribution < 1.29 is 14.8 Å². The number of carboxylic acids is 1. The van der Waals surface area contributed by atoms with Crippen LogP contribution in [0.5, 0.6) is 0 Å². The summed E-state index contributed by atoms with van der Waals surface area (Å²) in [6.45, 7) is 0. The number of benzene rings is 1. The summed E-state index contributed by atoms with van der Waals surface area (Å²) in [5.74, 6) is -1.80. The lowest BCUT2D eigenvalue weighted by Gasteiger charge is -2.03. The predicted octanol–water partition coefficient (Wildman–Crippen LogP) is 2.44. The third-order valence-corrected chi connectivity index (χ3v) is 3.03. The van der Waals surface area contributed by atoms with E-state index in [2.05, 4.69) is 0 Å². The van der Waals surface area contributed by atoms with Crippen LogP contribution in [0, 0.1) is 16.0 Å². The molecule has 84 valence electrons. The van der Waals surface area contributed by atoms with Gasteiger partial charge in [0, 0.05) is 12.0 Å². The molecule has 0 amide bonds. The van der Waals surface area contributed by atoms with Crippen LogP contribution in [0.4, 0.5) is 5.69 Å². The topological polar surface area (TPSA) is 80.4 Å². The highest BCUT2D eigenvalue weighted by Gasteiger charge is 2.48. The maximum atomic E-state index is 10.8. The van der Waals surface area contributed by atoms with Crippen molar-refractivity contribution in [1.82, 2.24) is 0 Å². The summed E-state index contributed by atoms with van der Waals surface area (Å²) in [4.78, 5) is 21.0. The lowest BCUT2D eigenvalue weighted by molar-refractivity contribution is -0.385. The third kappa shape index (κ3) is 1.74. The molecule has 0 spiro atoms. The van der Waals surface area contributed by atoms with Crippen LogP contribution in [0.1, 0.15) is 17.9 Å². The van der Waals surface area contributed by atoms with Crippen molar-refractivity contribution >= 4 is 23.3 Å². The number of nitrogens with zero attached hydrogens (tertiary/aromatic N) is 1. The average molecular weight is 242 g/mol. The predicted molar refractivity (Wildman–Crippen MR) is 56.6 cm³/mol. The lowest BCUT2D eigenvalue weighted by atomic mass is 10.1. The maximum absolute atomic E-state index is 10.8. The standard InChI is InChI=1S/C10H8ClNO4/c11-7-2-1-3-8(12(15)16)9(7)5-4-6(5)10(13)14/h1-3,5-6H,4H2,(H,13,14). The van der Waals surface area contributed by atoms with Gasteiger partial charge in [-0.3, -0.25) is 14.9 Å². The molecule has 1 N–H and O–H groups in total. The molecule has 0 aliphatic heterocycles. The number of halogens is 1. The second-order valence-corrected chi connectivity index (χ2v) is 4.12. The van der Waals surface area contributed by atoms with Crippen molar-refractivity contribution in [2.24, 2.45) is 5.92 Å². The number of carboxylic acid groups (broad SMARTS) is 1. The molecule has 2 rings (SSSR count). The molecule has 1 aromatic carbocycles. The van der Waals surface area contributed by atoms with Crippen molar-refractivity contribution in [2.45, 2.75) is 12.3 Å². The first-order valence-electron chi connectivity index (χ1n) is 4.68. The van der Waals surface area contributed by atoms with Gasteiger partial charge in [0.15, 0.2) is 0 Å². The van der Waals surface area contributed by atoms with Gasteiger partial charge in [-0.2, -0.15) is 0 Å². The summed E-state index contributed by atoms with van der Waals surface area (Å²) in [6.07, 6.45) is 0.417. The monoisotopic (exact) mass is 241 g/mol. The van der Waals surface area contributed by atoms with Crippen molar-refractivity contribution in [1.29, 1.82) is 0 Å². The van der Waals surface area contributed by atoms with Gasteiger partial charge in [0.2, 0.25) is 0 Å². The minimum Gasteiger partial charge on any atom is -0.481 e. The van der Waals surface area contributed by atoms with Gasteiger partial charge in [-0.25, -0.2) is 0 Å². The number of rotatable bonds is 3. The molecule has 0 heterocycles. The van der Waals surface area contributed by atoms with E-state index in [4.69, 9.17) is 16.7 Å². The van der Waals surface area contributed by atoms with Crippen LogP contribution in [0.25, 0.3) is 0 Å². The van der Waals surface area contributed by atoms with E-state index in [0.29, 0.717) is 12.0 Å². The van der Waals surface area contributed by atoms with Gasteiger partial charge in [0.05, 0.1) is 21.4 Å². The molecular weight excluding hydrogens is 234 g/mol. The zero-order valence-corrected chi connectivity index (χ0v) is 8.85. The lowest BCUT2D eigenvalue weighted by Crippen LogP contribution is -2.01. The Balaban J connectivity index is 2.41. The minimum absolute atomic E-state index is 0.0961. The molecular formula is C10H8ClNO4. The van der Waals surface area contributed by atoms with Crippen molar-refractivity contribution in [3.63, 3.8) is 0 Å². The fourth-order valence-electron chi connectivity index (χ4n) is 1.84. The van der Waals surface area contributed by atoms with Crippen LogP contribution >= 0.6 is 11.6 Å². The van der Waals surface area contributed by atoms with Gasteiger partial charge in [-0.1, -0.05) is 17.7 Å². The quantitative estimate of drug-likeness (QED) is 0.651. The summed E-state index contributed by atoms with van der Waals surface area (Å²) in [5.41, 5.74) is 0.253. The fraction of sp³-hybridized carbons (Fsp3) is 0.300. The van der Waals surface area contributed by atoms with E-state index in [1.54, 1.807) is 6.07 Å². The molecule has 1 saturated carbocycles. The molecule has 5 nitrogen and oxygen atoms in total. The van der Waals surface area contributed by atoms with E-state index in [9.17, 15) is 14.9 Å². The molecule has 2 atom stereocenters. The Morgan fingerprint density at radius 1 is 1.56 bits per heavy atom. The Kier molecular flexibility index (Phi) is 2.55. The summed E-state index contributed by atoms with van der Waals surface area (Å²) >= 11 is 5.88. The molecule has 6 heteroatoms. The molecule has 1 aliphatic rings. The van der Waals surface area contributed by atoms with Crippen LogP contribution in [-0.2, 0) is 4.79 Å². The summed E-state index contributed by atoms with van der Waals surface area (Å²) < 4.78 is 0. The number of aliphatic carboxylic acids is 1. The summed E-state index contributed by atoms with van der Waals surface area (Å²) in [6, 6.07) is 4.38. The van der Waals surface area contributed by atoms with Gasteiger partial charge < -0.3 is 5.11 Å². The van der Waals surface area contributed by atoms with Gasteiger partial charge in [0.25, 0.3) is 5.69 Å².